The minimum atomic E-state index is -0.623. The molecule has 67 heavy (non-hydrogen) atoms. The molecular weight excluding hydrogens is 878 g/mol. The number of halogens is 1. The lowest BCUT2D eigenvalue weighted by Gasteiger charge is -2.39. The number of thiophene rings is 1. The van der Waals surface area contributed by atoms with Crippen molar-refractivity contribution in [3.8, 4) is 11.6 Å². The van der Waals surface area contributed by atoms with Gasteiger partial charge in [-0.25, -0.2) is 4.39 Å². The van der Waals surface area contributed by atoms with Crippen molar-refractivity contribution < 1.29 is 37.6 Å². The van der Waals surface area contributed by atoms with Gasteiger partial charge in [0.05, 0.1) is 28.8 Å². The predicted molar refractivity (Wildman–Crippen MR) is 251 cm³/mol. The first-order valence-electron chi connectivity index (χ1n) is 24.0. The summed E-state index contributed by atoms with van der Waals surface area (Å²) in [6.07, 6.45) is 10.2. The van der Waals surface area contributed by atoms with Gasteiger partial charge < -0.3 is 43.9 Å². The van der Waals surface area contributed by atoms with Gasteiger partial charge in [0.25, 0.3) is 11.8 Å². The van der Waals surface area contributed by atoms with Crippen molar-refractivity contribution in [1.29, 1.82) is 0 Å². The molecule has 3 atom stereocenters. The van der Waals surface area contributed by atoms with Crippen molar-refractivity contribution in [2.75, 3.05) is 59.5 Å². The van der Waals surface area contributed by atoms with Gasteiger partial charge in [-0.2, -0.15) is 0 Å². The van der Waals surface area contributed by atoms with Gasteiger partial charge in [-0.3, -0.25) is 29.1 Å². The van der Waals surface area contributed by atoms with Gasteiger partial charge in [0.15, 0.2) is 5.76 Å². The number of likely N-dealkylation sites (N-methyl/N-ethyl adjacent to an activating group) is 1. The lowest BCUT2D eigenvalue weighted by molar-refractivity contribution is -0.140. The van der Waals surface area contributed by atoms with Crippen molar-refractivity contribution in [2.24, 2.45) is 5.92 Å². The zero-order valence-electron chi connectivity index (χ0n) is 38.7. The molecule has 1 saturated carbocycles. The Morgan fingerprint density at radius 3 is 2.48 bits per heavy atom. The van der Waals surface area contributed by atoms with Crippen LogP contribution in [0.1, 0.15) is 86.5 Å². The van der Waals surface area contributed by atoms with E-state index in [0.29, 0.717) is 60.0 Å². The van der Waals surface area contributed by atoms with E-state index in [1.54, 1.807) is 58.9 Å². The van der Waals surface area contributed by atoms with Crippen molar-refractivity contribution in [2.45, 2.75) is 109 Å². The molecule has 18 heteroatoms. The number of amides is 4. The predicted octanol–water partition coefficient (Wildman–Crippen LogP) is 5.76. The molecule has 1 aliphatic carbocycles. The number of nitrogens with zero attached hydrogens (tertiary/aromatic N) is 7. The molecule has 16 nitrogen and oxygen atoms in total. The van der Waals surface area contributed by atoms with Crippen LogP contribution in [0.5, 0.6) is 11.6 Å². The maximum atomic E-state index is 14.7. The third kappa shape index (κ3) is 10.3. The second-order valence-corrected chi connectivity index (χ2v) is 19.5. The van der Waals surface area contributed by atoms with E-state index < -0.39 is 17.9 Å². The van der Waals surface area contributed by atoms with E-state index in [4.69, 9.17) is 14.0 Å². The van der Waals surface area contributed by atoms with Gasteiger partial charge in [-0.1, -0.05) is 19.3 Å². The summed E-state index contributed by atoms with van der Waals surface area (Å²) >= 11 is 1.64. The average Bonchev–Trinajstić information content (AvgIpc) is 4.18. The molecule has 4 aromatic heterocycles. The maximum absolute atomic E-state index is 14.7. The molecule has 4 amide bonds. The zero-order valence-corrected chi connectivity index (χ0v) is 39.5. The highest BCUT2D eigenvalue weighted by molar-refractivity contribution is 7.17. The van der Waals surface area contributed by atoms with Gasteiger partial charge in [-0.15, -0.1) is 11.3 Å². The number of rotatable bonds is 15. The summed E-state index contributed by atoms with van der Waals surface area (Å²) in [6.45, 7) is 7.71. The summed E-state index contributed by atoms with van der Waals surface area (Å²) in [5.41, 5.74) is 2.47. The number of likely N-dealkylation sites (tertiary alicyclic amines) is 2. The molecule has 1 unspecified atom stereocenters. The number of nitrogens with one attached hydrogen (secondary N) is 2. The van der Waals surface area contributed by atoms with E-state index in [-0.39, 0.29) is 67.9 Å². The molecule has 4 fully saturated rings. The number of piperidine rings is 1. The Hall–Kier alpha value is -5.59. The lowest BCUT2D eigenvalue weighted by Crippen LogP contribution is -2.59. The number of carbonyl (C=O) groups is 4. The number of aryl methyl sites for hydroxylation is 1. The van der Waals surface area contributed by atoms with Gasteiger partial charge >= 0.3 is 0 Å². The first-order chi connectivity index (χ1) is 32.5. The van der Waals surface area contributed by atoms with Crippen LogP contribution < -0.4 is 20.1 Å². The number of carbonyl (C=O) groups excluding carboxylic acids is 4. The highest BCUT2D eigenvalue weighted by Gasteiger charge is 2.38. The second-order valence-electron chi connectivity index (χ2n) is 18.6. The number of aromatic nitrogens is 3. The molecule has 0 radical (unpaired) electrons. The lowest BCUT2D eigenvalue weighted by atomic mass is 9.83. The van der Waals surface area contributed by atoms with Crippen LogP contribution in [0.2, 0.25) is 0 Å². The zero-order chi connectivity index (χ0) is 46.6. The van der Waals surface area contributed by atoms with Crippen LogP contribution in [0, 0.1) is 18.7 Å². The van der Waals surface area contributed by atoms with Crippen LogP contribution in [0.15, 0.2) is 52.5 Å². The summed E-state index contributed by atoms with van der Waals surface area (Å²) in [5, 5.41) is 12.8. The molecule has 1 aromatic carbocycles. The van der Waals surface area contributed by atoms with Crippen molar-refractivity contribution in [1.82, 2.24) is 44.9 Å². The van der Waals surface area contributed by atoms with Crippen LogP contribution in [0.3, 0.4) is 0 Å². The Balaban J connectivity index is 0.805. The fourth-order valence-corrected chi connectivity index (χ4v) is 11.2. The molecular formula is C49H62FN9O7S. The fraction of sp³-hybridized carbons (Fsp3) is 0.551. The van der Waals surface area contributed by atoms with Gasteiger partial charge in [0, 0.05) is 69.0 Å². The third-order valence-electron chi connectivity index (χ3n) is 14.3. The van der Waals surface area contributed by atoms with Gasteiger partial charge in [-0.05, 0) is 112 Å². The van der Waals surface area contributed by atoms with Gasteiger partial charge in [0.1, 0.15) is 42.6 Å². The van der Waals surface area contributed by atoms with Crippen LogP contribution in [-0.2, 0) is 27.5 Å². The van der Waals surface area contributed by atoms with Crippen LogP contribution >= 0.6 is 11.3 Å². The number of hydrogen-bond acceptors (Lipinski definition) is 12. The Morgan fingerprint density at radius 1 is 0.925 bits per heavy atom. The molecule has 4 aliphatic rings. The van der Waals surface area contributed by atoms with E-state index in [2.05, 4.69) is 25.7 Å². The average molecular weight is 940 g/mol. The van der Waals surface area contributed by atoms with E-state index in [1.807, 2.05) is 28.5 Å². The van der Waals surface area contributed by atoms with Crippen molar-refractivity contribution >= 4 is 56.1 Å². The number of benzene rings is 1. The Bertz CT molecular complexity index is 2560. The standard InChI is InChI=1S/C49H62FN9O7S/c1-31-38-26-34(50)11-12-40(38)59(45(31)49(63)57-23-21-56(22-24-57)48(62)44(33-8-5-4-6-9-33)53-47(61)32(2)51-3)29-43(60)58-18-7-10-35(58)30-64-42-27-37(66-54-42)28-55-19-14-36(15-20-55)65-41-13-17-52-39-16-25-67-46(39)41/h11-13,16-17,25-27,32-33,35-36,44,51H,4-10,14-15,18-24,28-30H2,1-3H3,(H,53,61)/t32-,35-,44?/m0/s1. The Morgan fingerprint density at radius 2 is 1.70 bits per heavy atom. The quantitative estimate of drug-likeness (QED) is 0.131. The summed E-state index contributed by atoms with van der Waals surface area (Å²) < 4.78 is 35.7. The molecule has 3 aliphatic heterocycles. The second kappa shape index (κ2) is 20.7. The topological polar surface area (TPSA) is 168 Å². The highest BCUT2D eigenvalue weighted by Crippen LogP contribution is 2.33. The normalized spacial score (nSPS) is 19.8. The molecule has 0 bridgehead atoms. The van der Waals surface area contributed by atoms with E-state index in [0.717, 1.165) is 86.8 Å². The van der Waals surface area contributed by atoms with Crippen LogP contribution in [0.4, 0.5) is 4.39 Å². The summed E-state index contributed by atoms with van der Waals surface area (Å²) in [5.74, 6) is 0.813. The van der Waals surface area contributed by atoms with Crippen LogP contribution in [-0.4, -0.2) is 142 Å². The third-order valence-corrected chi connectivity index (χ3v) is 15.3. The largest absolute Gasteiger partial charge is 0.489 e. The highest BCUT2D eigenvalue weighted by atomic mass is 32.1. The molecule has 2 N–H and O–H groups in total. The van der Waals surface area contributed by atoms with E-state index >= 15 is 0 Å². The van der Waals surface area contributed by atoms with E-state index in [1.165, 1.54) is 12.1 Å². The molecule has 358 valence electrons. The van der Waals surface area contributed by atoms with Crippen molar-refractivity contribution in [3.05, 3.63) is 70.8 Å². The number of ether oxygens (including phenoxy) is 2. The minimum absolute atomic E-state index is 0.0603. The number of fused-ring (bicyclic) bond motifs is 2. The first-order valence-corrected chi connectivity index (χ1v) is 24.9. The van der Waals surface area contributed by atoms with Crippen molar-refractivity contribution in [3.63, 3.8) is 0 Å². The number of pyridine rings is 1. The Kier molecular flexibility index (Phi) is 14.4. The number of piperazine rings is 1. The molecule has 5 aromatic rings. The maximum Gasteiger partial charge on any atom is 0.270 e. The number of hydrogen-bond donors (Lipinski definition) is 2. The van der Waals surface area contributed by atoms with E-state index in [9.17, 15) is 23.6 Å². The summed E-state index contributed by atoms with van der Waals surface area (Å²) in [4.78, 5) is 67.9. The molecule has 9 rings (SSSR count). The summed E-state index contributed by atoms with van der Waals surface area (Å²) in [6, 6.07) is 8.87. The molecule has 7 heterocycles. The molecule has 0 spiro atoms. The smallest absolute Gasteiger partial charge is 0.270 e. The SMILES string of the molecule is CN[C@@H](C)C(=O)NC(C(=O)N1CCN(C(=O)c2c(C)c3cc(F)ccc3n2CC(=O)N2CCC[C@H]2COc2cc(CN3CCC(Oc4ccnc5ccsc45)CC3)on2)CC1)C1CCCCC1. The fourth-order valence-electron chi connectivity index (χ4n) is 10.4. The molecule has 3 saturated heterocycles. The monoisotopic (exact) mass is 939 g/mol. The van der Waals surface area contributed by atoms with Gasteiger partial charge in [0.2, 0.25) is 17.7 Å². The van der Waals surface area contributed by atoms with Crippen LogP contribution in [0.25, 0.3) is 21.1 Å². The Labute approximate surface area is 394 Å². The summed E-state index contributed by atoms with van der Waals surface area (Å²) in [7, 11) is 1.72. The minimum Gasteiger partial charge on any atom is -0.489 e. The first kappa shape index (κ1) is 46.5.